The topological polar surface area (TPSA) is 29.1 Å². The van der Waals surface area contributed by atoms with Crippen molar-refractivity contribution < 1.29 is 4.79 Å². The van der Waals surface area contributed by atoms with Crippen LogP contribution in [-0.4, -0.2) is 12.5 Å². The number of carbonyl (C=O) groups excluding carboxylic acids is 1. The number of allylic oxidation sites excluding steroid dienone is 1. The molecule has 0 rings (SSSR count). The molecule has 0 heterocycles. The van der Waals surface area contributed by atoms with E-state index in [0.29, 0.717) is 11.6 Å². The lowest BCUT2D eigenvalue weighted by atomic mass is 10.3. The average molecular weight is 162 g/mol. The van der Waals surface area contributed by atoms with E-state index in [0.717, 1.165) is 12.8 Å². The molecule has 0 aliphatic rings. The van der Waals surface area contributed by atoms with E-state index in [1.165, 1.54) is 6.92 Å². The first-order valence-electron chi connectivity index (χ1n) is 3.20. The van der Waals surface area contributed by atoms with Crippen LogP contribution in [0.5, 0.6) is 0 Å². The molecule has 0 unspecified atom stereocenters. The second kappa shape index (κ2) is 5.30. The highest BCUT2D eigenvalue weighted by atomic mass is 35.5. The molecule has 1 N–H and O–H groups in total. The largest absolute Gasteiger partial charge is 0.356 e. The van der Waals surface area contributed by atoms with Crippen molar-refractivity contribution in [1.29, 1.82) is 0 Å². The van der Waals surface area contributed by atoms with Gasteiger partial charge in [-0.05, 0) is 12.8 Å². The number of hydrogen-bond donors (Lipinski definition) is 1. The van der Waals surface area contributed by atoms with Gasteiger partial charge in [0.05, 0.1) is 0 Å². The molecule has 0 radical (unpaired) electrons. The van der Waals surface area contributed by atoms with E-state index in [-0.39, 0.29) is 5.91 Å². The van der Waals surface area contributed by atoms with Crippen molar-refractivity contribution in [3.63, 3.8) is 0 Å². The molecule has 0 aromatic carbocycles. The van der Waals surface area contributed by atoms with Crippen LogP contribution in [0, 0.1) is 0 Å². The zero-order valence-electron chi connectivity index (χ0n) is 6.11. The van der Waals surface area contributed by atoms with Gasteiger partial charge in [0.25, 0.3) is 0 Å². The number of hydrogen-bond acceptors (Lipinski definition) is 1. The summed E-state index contributed by atoms with van der Waals surface area (Å²) in [6.45, 7) is 5.70. The molecule has 58 valence electrons. The first kappa shape index (κ1) is 9.50. The third kappa shape index (κ3) is 7.50. The summed E-state index contributed by atoms with van der Waals surface area (Å²) in [5.41, 5.74) is 0. The lowest BCUT2D eigenvalue weighted by Crippen LogP contribution is -2.20. The molecule has 0 spiro atoms. The van der Waals surface area contributed by atoms with Gasteiger partial charge in [-0.2, -0.15) is 0 Å². The van der Waals surface area contributed by atoms with E-state index in [1.54, 1.807) is 0 Å². The monoisotopic (exact) mass is 161 g/mol. The van der Waals surface area contributed by atoms with Crippen LogP contribution >= 0.6 is 11.6 Å². The summed E-state index contributed by atoms with van der Waals surface area (Å²) in [4.78, 5) is 10.3. The zero-order valence-corrected chi connectivity index (χ0v) is 6.87. The minimum Gasteiger partial charge on any atom is -0.356 e. The highest BCUT2D eigenvalue weighted by molar-refractivity contribution is 6.29. The third-order valence-electron chi connectivity index (χ3n) is 0.999. The van der Waals surface area contributed by atoms with E-state index in [4.69, 9.17) is 11.6 Å². The molecular formula is C7H12ClNO. The van der Waals surface area contributed by atoms with Crippen molar-refractivity contribution >= 4 is 17.5 Å². The zero-order chi connectivity index (χ0) is 7.98. The fourth-order valence-electron chi connectivity index (χ4n) is 0.545. The quantitative estimate of drug-likeness (QED) is 0.625. The van der Waals surface area contributed by atoms with Gasteiger partial charge in [0.1, 0.15) is 0 Å². The molecule has 0 fully saturated rings. The van der Waals surface area contributed by atoms with Crippen molar-refractivity contribution in [2.24, 2.45) is 0 Å². The maximum Gasteiger partial charge on any atom is 0.216 e. The molecule has 0 aliphatic heterocycles. The highest BCUT2D eigenvalue weighted by Crippen LogP contribution is 2.04. The minimum atomic E-state index is 0.000171. The van der Waals surface area contributed by atoms with E-state index >= 15 is 0 Å². The fourth-order valence-corrected chi connectivity index (χ4v) is 0.678. The van der Waals surface area contributed by atoms with Crippen LogP contribution in [0.4, 0.5) is 0 Å². The van der Waals surface area contributed by atoms with Crippen LogP contribution in [0.25, 0.3) is 0 Å². The molecule has 0 saturated heterocycles. The summed E-state index contributed by atoms with van der Waals surface area (Å²) >= 11 is 5.49. The van der Waals surface area contributed by atoms with Gasteiger partial charge in [0, 0.05) is 18.5 Å². The van der Waals surface area contributed by atoms with Crippen LogP contribution in [0.2, 0.25) is 0 Å². The normalized spacial score (nSPS) is 9.00. The Morgan fingerprint density at radius 2 is 2.30 bits per heavy atom. The van der Waals surface area contributed by atoms with Gasteiger partial charge in [-0.25, -0.2) is 0 Å². The maximum absolute atomic E-state index is 10.3. The fraction of sp³-hybridized carbons (Fsp3) is 0.571. The lowest BCUT2D eigenvalue weighted by molar-refractivity contribution is -0.118. The molecule has 0 aromatic heterocycles. The number of halogens is 1. The van der Waals surface area contributed by atoms with Gasteiger partial charge in [-0.1, -0.05) is 18.2 Å². The Morgan fingerprint density at radius 3 is 2.70 bits per heavy atom. The van der Waals surface area contributed by atoms with Crippen molar-refractivity contribution in [3.8, 4) is 0 Å². The number of rotatable bonds is 4. The SMILES string of the molecule is C=C(Cl)CCCNC(C)=O. The summed E-state index contributed by atoms with van der Waals surface area (Å²) in [5.74, 6) is 0.000171. The summed E-state index contributed by atoms with van der Waals surface area (Å²) < 4.78 is 0. The molecule has 0 aliphatic carbocycles. The van der Waals surface area contributed by atoms with E-state index < -0.39 is 0 Å². The van der Waals surface area contributed by atoms with E-state index in [1.807, 2.05) is 0 Å². The van der Waals surface area contributed by atoms with Crippen molar-refractivity contribution in [2.75, 3.05) is 6.54 Å². The Bertz CT molecular complexity index is 118. The Kier molecular flexibility index (Phi) is 5.03. The molecule has 0 aromatic rings. The van der Waals surface area contributed by atoms with Crippen LogP contribution in [0.3, 0.4) is 0 Å². The summed E-state index contributed by atoms with van der Waals surface area (Å²) in [5, 5.41) is 3.31. The second-order valence-corrected chi connectivity index (χ2v) is 2.64. The molecule has 10 heavy (non-hydrogen) atoms. The average Bonchev–Trinajstić information content (AvgIpc) is 1.79. The van der Waals surface area contributed by atoms with Gasteiger partial charge in [-0.3, -0.25) is 4.79 Å². The summed E-state index contributed by atoms with van der Waals surface area (Å²) in [6, 6.07) is 0. The number of carbonyl (C=O) groups is 1. The molecule has 0 bridgehead atoms. The third-order valence-corrected chi connectivity index (χ3v) is 1.19. The maximum atomic E-state index is 10.3. The highest BCUT2D eigenvalue weighted by Gasteiger charge is 1.91. The van der Waals surface area contributed by atoms with Gasteiger partial charge in [0.15, 0.2) is 0 Å². The van der Waals surface area contributed by atoms with Crippen LogP contribution in [-0.2, 0) is 4.79 Å². The van der Waals surface area contributed by atoms with Gasteiger partial charge >= 0.3 is 0 Å². The Morgan fingerprint density at radius 1 is 1.70 bits per heavy atom. The van der Waals surface area contributed by atoms with Crippen molar-refractivity contribution in [2.45, 2.75) is 19.8 Å². The van der Waals surface area contributed by atoms with Crippen molar-refractivity contribution in [1.82, 2.24) is 5.32 Å². The predicted octanol–water partition coefficient (Wildman–Crippen LogP) is 1.66. The van der Waals surface area contributed by atoms with Gasteiger partial charge < -0.3 is 5.32 Å². The summed E-state index contributed by atoms with van der Waals surface area (Å²) in [7, 11) is 0. The Balaban J connectivity index is 3.06. The van der Waals surface area contributed by atoms with Crippen LogP contribution in [0.1, 0.15) is 19.8 Å². The first-order chi connectivity index (χ1) is 4.63. The molecular weight excluding hydrogens is 150 g/mol. The molecule has 1 amide bonds. The Hall–Kier alpha value is -0.500. The second-order valence-electron chi connectivity index (χ2n) is 2.10. The van der Waals surface area contributed by atoms with Crippen LogP contribution in [0.15, 0.2) is 11.6 Å². The van der Waals surface area contributed by atoms with Gasteiger partial charge in [0.2, 0.25) is 5.91 Å². The lowest BCUT2D eigenvalue weighted by Gasteiger charge is -1.99. The molecule has 0 saturated carbocycles. The minimum absolute atomic E-state index is 0.000171. The number of amides is 1. The van der Waals surface area contributed by atoms with E-state index in [2.05, 4.69) is 11.9 Å². The van der Waals surface area contributed by atoms with E-state index in [9.17, 15) is 4.79 Å². The standard InChI is InChI=1S/C7H12ClNO/c1-6(8)4-3-5-9-7(2)10/h1,3-5H2,2H3,(H,9,10). The summed E-state index contributed by atoms with van der Waals surface area (Å²) in [6.07, 6.45) is 1.63. The smallest absolute Gasteiger partial charge is 0.216 e. The Labute approximate surface area is 66.3 Å². The predicted molar refractivity (Wildman–Crippen MR) is 42.9 cm³/mol. The van der Waals surface area contributed by atoms with Gasteiger partial charge in [-0.15, -0.1) is 0 Å². The van der Waals surface area contributed by atoms with Crippen molar-refractivity contribution in [3.05, 3.63) is 11.6 Å². The first-order valence-corrected chi connectivity index (χ1v) is 3.58. The molecule has 0 atom stereocenters. The number of nitrogens with one attached hydrogen (secondary N) is 1. The molecule has 3 heteroatoms. The van der Waals surface area contributed by atoms with Crippen LogP contribution < -0.4 is 5.32 Å². The molecule has 2 nitrogen and oxygen atoms in total.